The highest BCUT2D eigenvalue weighted by atomic mass is 16.6. The third kappa shape index (κ3) is 4.12. The summed E-state index contributed by atoms with van der Waals surface area (Å²) >= 11 is 0. The van der Waals surface area contributed by atoms with Crippen LogP contribution in [0.5, 0.6) is 0 Å². The molecule has 0 aliphatic carbocycles. The molecule has 0 aromatic heterocycles. The van der Waals surface area contributed by atoms with Crippen LogP contribution in [0.1, 0.15) is 21.5 Å². The van der Waals surface area contributed by atoms with Gasteiger partial charge in [-0.3, -0.25) is 14.9 Å². The smallest absolute Gasteiger partial charge is 0.273 e. The van der Waals surface area contributed by atoms with Gasteiger partial charge in [0.1, 0.15) is 0 Å². The minimum atomic E-state index is -0.487. The minimum absolute atomic E-state index is 0.0753. The lowest BCUT2D eigenvalue weighted by molar-refractivity contribution is -0.385. The van der Waals surface area contributed by atoms with E-state index in [2.05, 4.69) is 10.6 Å². The molecular formula is C21H19N3O3. The molecule has 0 aliphatic heterocycles. The molecule has 0 heterocycles. The van der Waals surface area contributed by atoms with Crippen molar-refractivity contribution in [2.75, 3.05) is 10.6 Å². The van der Waals surface area contributed by atoms with Gasteiger partial charge in [-0.2, -0.15) is 0 Å². The van der Waals surface area contributed by atoms with Crippen LogP contribution in [-0.2, 0) is 0 Å². The van der Waals surface area contributed by atoms with Crippen LogP contribution in [0.25, 0.3) is 0 Å². The number of hydrogen-bond acceptors (Lipinski definition) is 4. The van der Waals surface area contributed by atoms with Crippen LogP contribution in [-0.4, -0.2) is 10.8 Å². The van der Waals surface area contributed by atoms with Crippen molar-refractivity contribution in [1.82, 2.24) is 0 Å². The van der Waals surface area contributed by atoms with Gasteiger partial charge in [0.05, 0.1) is 16.3 Å². The molecule has 6 nitrogen and oxygen atoms in total. The first-order valence-corrected chi connectivity index (χ1v) is 8.44. The highest BCUT2D eigenvalue weighted by molar-refractivity contribution is 6.07. The second-order valence-electron chi connectivity index (χ2n) is 6.20. The van der Waals surface area contributed by atoms with Crippen molar-refractivity contribution in [2.45, 2.75) is 13.8 Å². The largest absolute Gasteiger partial charge is 0.354 e. The Kier molecular flexibility index (Phi) is 5.17. The molecule has 2 N–H and O–H groups in total. The molecule has 0 aliphatic rings. The van der Waals surface area contributed by atoms with Crippen molar-refractivity contribution in [1.29, 1.82) is 0 Å². The van der Waals surface area contributed by atoms with Gasteiger partial charge in [0.2, 0.25) is 0 Å². The van der Waals surface area contributed by atoms with E-state index >= 15 is 0 Å². The van der Waals surface area contributed by atoms with Crippen LogP contribution < -0.4 is 10.6 Å². The van der Waals surface area contributed by atoms with E-state index in [-0.39, 0.29) is 11.3 Å². The van der Waals surface area contributed by atoms with Gasteiger partial charge in [0.15, 0.2) is 0 Å². The lowest BCUT2D eigenvalue weighted by Crippen LogP contribution is -2.15. The number of aryl methyl sites for hydroxylation is 1. The van der Waals surface area contributed by atoms with Gasteiger partial charge in [-0.25, -0.2) is 0 Å². The first-order valence-electron chi connectivity index (χ1n) is 8.44. The summed E-state index contributed by atoms with van der Waals surface area (Å²) in [6, 6.07) is 19.7. The van der Waals surface area contributed by atoms with E-state index in [0.717, 1.165) is 16.9 Å². The lowest BCUT2D eigenvalue weighted by atomic mass is 10.1. The van der Waals surface area contributed by atoms with Gasteiger partial charge >= 0.3 is 0 Å². The zero-order valence-electron chi connectivity index (χ0n) is 15.0. The monoisotopic (exact) mass is 361 g/mol. The quantitative estimate of drug-likeness (QED) is 0.483. The summed E-state index contributed by atoms with van der Waals surface area (Å²) in [5.74, 6) is -0.394. The van der Waals surface area contributed by atoms with Crippen molar-refractivity contribution in [3.05, 3.63) is 93.5 Å². The molecule has 136 valence electrons. The van der Waals surface area contributed by atoms with Crippen molar-refractivity contribution in [3.8, 4) is 0 Å². The van der Waals surface area contributed by atoms with Crippen LogP contribution in [0.2, 0.25) is 0 Å². The Morgan fingerprint density at radius 3 is 2.22 bits per heavy atom. The number of rotatable bonds is 5. The Hall–Kier alpha value is -3.67. The van der Waals surface area contributed by atoms with Crippen molar-refractivity contribution >= 4 is 28.7 Å². The Morgan fingerprint density at radius 1 is 0.889 bits per heavy atom. The van der Waals surface area contributed by atoms with Gasteiger partial charge in [0, 0.05) is 22.9 Å². The molecule has 3 aromatic rings. The summed E-state index contributed by atoms with van der Waals surface area (Å²) in [7, 11) is 0. The third-order valence-corrected chi connectivity index (χ3v) is 4.25. The second kappa shape index (κ2) is 7.70. The highest BCUT2D eigenvalue weighted by Gasteiger charge is 2.18. The van der Waals surface area contributed by atoms with Gasteiger partial charge in [0.25, 0.3) is 11.6 Å². The fourth-order valence-electron chi connectivity index (χ4n) is 2.75. The van der Waals surface area contributed by atoms with Crippen LogP contribution in [0.4, 0.5) is 22.7 Å². The summed E-state index contributed by atoms with van der Waals surface area (Å²) in [5.41, 5.74) is 3.91. The predicted molar refractivity (Wildman–Crippen MR) is 107 cm³/mol. The van der Waals surface area contributed by atoms with E-state index in [9.17, 15) is 14.9 Å². The number of carbonyl (C=O) groups excluding carboxylic acids is 1. The van der Waals surface area contributed by atoms with E-state index in [1.807, 2.05) is 49.4 Å². The van der Waals surface area contributed by atoms with Crippen LogP contribution in [0.3, 0.4) is 0 Å². The second-order valence-corrected chi connectivity index (χ2v) is 6.20. The average molecular weight is 361 g/mol. The first-order chi connectivity index (χ1) is 13.0. The Bertz CT molecular complexity index is 998. The molecule has 0 bridgehead atoms. The number of hydrogen-bond donors (Lipinski definition) is 2. The molecule has 1 amide bonds. The predicted octanol–water partition coefficient (Wildman–Crippen LogP) is 5.21. The number of anilines is 3. The number of para-hydroxylation sites is 2. The molecule has 0 spiro atoms. The lowest BCUT2D eigenvalue weighted by Gasteiger charge is -2.14. The number of amides is 1. The summed E-state index contributed by atoms with van der Waals surface area (Å²) in [6.07, 6.45) is 0. The minimum Gasteiger partial charge on any atom is -0.354 e. The maximum Gasteiger partial charge on any atom is 0.273 e. The third-order valence-electron chi connectivity index (χ3n) is 4.25. The fourth-order valence-corrected chi connectivity index (χ4v) is 2.75. The molecule has 0 atom stereocenters. The van der Waals surface area contributed by atoms with E-state index in [0.29, 0.717) is 11.3 Å². The van der Waals surface area contributed by atoms with E-state index in [1.165, 1.54) is 12.1 Å². The molecule has 0 saturated heterocycles. The van der Waals surface area contributed by atoms with Crippen LogP contribution in [0.15, 0.2) is 66.7 Å². The molecule has 0 radical (unpaired) electrons. The van der Waals surface area contributed by atoms with Crippen LogP contribution in [0, 0.1) is 24.0 Å². The number of nitrogens with zero attached hydrogens (tertiary/aromatic N) is 1. The molecule has 0 unspecified atom stereocenters. The Balaban J connectivity index is 1.86. The first kappa shape index (κ1) is 18.1. The van der Waals surface area contributed by atoms with Crippen molar-refractivity contribution in [3.63, 3.8) is 0 Å². The zero-order valence-corrected chi connectivity index (χ0v) is 15.0. The maximum absolute atomic E-state index is 12.7. The number of benzene rings is 3. The molecular weight excluding hydrogens is 342 g/mol. The topological polar surface area (TPSA) is 84.3 Å². The molecule has 0 saturated carbocycles. The number of carbonyl (C=O) groups is 1. The molecule has 3 aromatic carbocycles. The van der Waals surface area contributed by atoms with Crippen molar-refractivity contribution < 1.29 is 9.72 Å². The fraction of sp³-hybridized carbons (Fsp3) is 0.0952. The van der Waals surface area contributed by atoms with E-state index in [1.54, 1.807) is 19.1 Å². The van der Waals surface area contributed by atoms with Gasteiger partial charge in [-0.05, 0) is 44.2 Å². The maximum atomic E-state index is 12.7. The van der Waals surface area contributed by atoms with Crippen molar-refractivity contribution in [2.24, 2.45) is 0 Å². The van der Waals surface area contributed by atoms with Gasteiger partial charge < -0.3 is 10.6 Å². The van der Waals surface area contributed by atoms with E-state index in [4.69, 9.17) is 0 Å². The summed E-state index contributed by atoms with van der Waals surface area (Å²) in [6.45, 7) is 3.59. The summed E-state index contributed by atoms with van der Waals surface area (Å²) < 4.78 is 0. The molecule has 6 heteroatoms. The van der Waals surface area contributed by atoms with Gasteiger partial charge in [-0.15, -0.1) is 0 Å². The number of nitro benzene ring substituents is 1. The summed E-state index contributed by atoms with van der Waals surface area (Å²) in [5, 5.41) is 17.2. The molecule has 27 heavy (non-hydrogen) atoms. The van der Waals surface area contributed by atoms with E-state index < -0.39 is 10.8 Å². The highest BCUT2D eigenvalue weighted by Crippen LogP contribution is 2.27. The molecule has 0 fully saturated rings. The number of nitrogens with one attached hydrogen (secondary N) is 2. The normalized spacial score (nSPS) is 10.3. The van der Waals surface area contributed by atoms with Gasteiger partial charge in [-0.1, -0.05) is 35.9 Å². The summed E-state index contributed by atoms with van der Waals surface area (Å²) in [4.78, 5) is 23.3. The molecule has 3 rings (SSSR count). The zero-order chi connectivity index (χ0) is 19.4. The number of nitro groups is 1. The SMILES string of the molecule is Cc1ccc(Nc2ccccc2NC(=O)c2cccc([N+](=O)[O-])c2C)cc1. The standard InChI is InChI=1S/C21H19N3O3/c1-14-10-12-16(13-11-14)22-18-7-3-4-8-19(18)23-21(25)17-6-5-9-20(15(17)2)24(26)27/h3-13,22H,1-2H3,(H,23,25). The average Bonchev–Trinajstić information content (AvgIpc) is 2.65. The Labute approximate surface area is 157 Å². The Morgan fingerprint density at radius 2 is 1.56 bits per heavy atom. The van der Waals surface area contributed by atoms with Crippen LogP contribution >= 0.6 is 0 Å².